The molecule has 2 N–H and O–H groups in total. The number of carbonyl (C=O) groups excluding carboxylic acids is 2. The van der Waals surface area contributed by atoms with Crippen LogP contribution in [-0.2, 0) is 14.3 Å². The monoisotopic (exact) mass is 332 g/mol. The molecule has 0 aliphatic heterocycles. The van der Waals surface area contributed by atoms with Gasteiger partial charge in [0.05, 0.1) is 12.3 Å². The third kappa shape index (κ3) is 14.2. The number of nitrogens with one attached hydrogen (secondary N) is 1. The molecule has 6 heteroatoms. The normalized spacial score (nSPS) is 12.3. The van der Waals surface area contributed by atoms with E-state index < -0.39 is 13.1 Å². The Balaban J connectivity index is 3.62. The molecule has 128 valence electrons. The van der Waals surface area contributed by atoms with Gasteiger partial charge in [0.2, 0.25) is 11.9 Å². The topological polar surface area (TPSA) is 75.6 Å². The van der Waals surface area contributed by atoms with E-state index in [9.17, 15) is 14.7 Å². The summed E-state index contributed by atoms with van der Waals surface area (Å²) in [6.07, 6.45) is 4.63. The minimum absolute atomic E-state index is 0.0207. The van der Waals surface area contributed by atoms with Crippen molar-refractivity contribution >= 4 is 25.2 Å². The quantitative estimate of drug-likeness (QED) is 0.425. The van der Waals surface area contributed by atoms with Gasteiger partial charge in [-0.15, -0.1) is 0 Å². The summed E-state index contributed by atoms with van der Waals surface area (Å²) in [5, 5.41) is 12.5. The van der Waals surface area contributed by atoms with E-state index in [2.05, 4.69) is 5.32 Å². The molecule has 0 aliphatic rings. The Hall–Kier alpha value is -0.770. The summed E-state index contributed by atoms with van der Waals surface area (Å²) in [4.78, 5) is 22.7. The van der Waals surface area contributed by atoms with Gasteiger partial charge in [-0.3, -0.25) is 9.59 Å². The van der Waals surface area contributed by atoms with Crippen molar-refractivity contribution in [2.45, 2.75) is 58.5 Å². The van der Waals surface area contributed by atoms with Gasteiger partial charge >= 0.3 is 0 Å². The number of rotatable bonds is 12. The molecule has 0 rings (SSSR count). The first-order valence-corrected chi connectivity index (χ1v) is 9.95. The zero-order valence-corrected chi connectivity index (χ0v) is 15.2. The SMILES string of the molecule is CCC(=O)CCCCCNC(=O)CO/C=[P+](\C)CC(C)(C)O. The Bertz CT molecular complexity index is 375. The van der Waals surface area contributed by atoms with E-state index in [1.54, 1.807) is 19.8 Å². The number of hydrogen-bond acceptors (Lipinski definition) is 4. The van der Waals surface area contributed by atoms with Gasteiger partial charge in [0.15, 0.2) is 0 Å². The molecule has 0 heterocycles. The average Bonchev–Trinajstić information content (AvgIpc) is 2.40. The number of amides is 1. The largest absolute Gasteiger partial charge is 0.386 e. The smallest absolute Gasteiger partial charge is 0.246 e. The van der Waals surface area contributed by atoms with Crippen molar-refractivity contribution in [1.29, 1.82) is 0 Å². The average molecular weight is 332 g/mol. The summed E-state index contributed by atoms with van der Waals surface area (Å²) in [7, 11) is -0.537. The van der Waals surface area contributed by atoms with Crippen molar-refractivity contribution in [3.63, 3.8) is 0 Å². The summed E-state index contributed by atoms with van der Waals surface area (Å²) in [5.74, 6) is 1.84. The summed E-state index contributed by atoms with van der Waals surface area (Å²) in [6.45, 7) is 8.05. The highest BCUT2D eigenvalue weighted by atomic mass is 31.1. The number of carbonyl (C=O) groups is 2. The Kier molecular flexibility index (Phi) is 11.3. The maximum Gasteiger partial charge on any atom is 0.246 e. The summed E-state index contributed by atoms with van der Waals surface area (Å²) >= 11 is 0. The third-order valence-electron chi connectivity index (χ3n) is 2.95. The highest BCUT2D eigenvalue weighted by molar-refractivity contribution is 7.56. The van der Waals surface area contributed by atoms with Crippen LogP contribution in [0.25, 0.3) is 0 Å². The molecule has 1 amide bonds. The molecule has 0 aromatic carbocycles. The molecule has 0 aromatic rings. The van der Waals surface area contributed by atoms with Crippen LogP contribution in [0.2, 0.25) is 0 Å². The lowest BCUT2D eigenvalue weighted by molar-refractivity contribution is -0.123. The lowest BCUT2D eigenvalue weighted by atomic mass is 10.1. The number of unbranched alkanes of at least 4 members (excludes halogenated alkanes) is 2. The molecule has 1 atom stereocenters. The molecule has 1 unspecified atom stereocenters. The fourth-order valence-electron chi connectivity index (χ4n) is 1.97. The Morgan fingerprint density at radius 2 is 1.95 bits per heavy atom. The van der Waals surface area contributed by atoms with E-state index in [0.29, 0.717) is 31.3 Å². The van der Waals surface area contributed by atoms with Gasteiger partial charge in [-0.25, -0.2) is 0 Å². The van der Waals surface area contributed by atoms with Gasteiger partial charge in [-0.1, -0.05) is 13.3 Å². The number of aliphatic hydroxyl groups is 1. The Labute approximate surface area is 135 Å². The fourth-order valence-corrected chi connectivity index (χ4v) is 3.59. The lowest BCUT2D eigenvalue weighted by Crippen LogP contribution is -2.28. The van der Waals surface area contributed by atoms with Gasteiger partial charge in [0, 0.05) is 19.4 Å². The number of hydrogen-bond donors (Lipinski definition) is 2. The highest BCUT2D eigenvalue weighted by Gasteiger charge is 2.20. The number of ether oxygens (including phenoxy) is 1. The van der Waals surface area contributed by atoms with E-state index in [1.807, 2.05) is 13.6 Å². The molecule has 0 saturated carbocycles. The second kappa shape index (κ2) is 11.8. The van der Waals surface area contributed by atoms with Crippen molar-refractivity contribution in [2.75, 3.05) is 26.0 Å². The molecular weight excluding hydrogens is 301 g/mol. The molecule has 0 aromatic heterocycles. The van der Waals surface area contributed by atoms with Crippen molar-refractivity contribution in [3.8, 4) is 0 Å². The van der Waals surface area contributed by atoms with Crippen molar-refractivity contribution in [2.24, 2.45) is 0 Å². The van der Waals surface area contributed by atoms with E-state index in [0.717, 1.165) is 19.3 Å². The van der Waals surface area contributed by atoms with E-state index in [-0.39, 0.29) is 12.5 Å². The molecule has 5 nitrogen and oxygen atoms in total. The second-order valence-electron chi connectivity index (χ2n) is 6.20. The van der Waals surface area contributed by atoms with Gasteiger partial charge < -0.3 is 15.2 Å². The maximum absolute atomic E-state index is 11.5. The van der Waals surface area contributed by atoms with Crippen LogP contribution < -0.4 is 5.32 Å². The molecule has 0 bridgehead atoms. The van der Waals surface area contributed by atoms with Gasteiger partial charge in [-0.2, -0.15) is 0 Å². The first kappa shape index (κ1) is 21.2. The molecule has 0 fully saturated rings. The minimum Gasteiger partial charge on any atom is -0.386 e. The number of ketones is 1. The van der Waals surface area contributed by atoms with E-state index in [1.165, 1.54) is 0 Å². The van der Waals surface area contributed by atoms with E-state index in [4.69, 9.17) is 4.74 Å². The molecule has 0 radical (unpaired) electrons. The standard InChI is InChI=1S/C16H30NO4P/c1-5-14(18)9-7-6-8-10-17-15(19)11-21-13-22(4)12-16(2,3)20/h13,20H,5-12H2,1-4H3/p+1. The van der Waals surface area contributed by atoms with Gasteiger partial charge in [-0.05, 0) is 26.7 Å². The zero-order chi connectivity index (χ0) is 17.0. The van der Waals surface area contributed by atoms with Crippen LogP contribution in [0.1, 0.15) is 52.9 Å². The highest BCUT2D eigenvalue weighted by Crippen LogP contribution is 2.22. The molecule has 0 aliphatic carbocycles. The number of Topliss-reactive ketones (excluding diaryl/α,β-unsaturated/α-hetero) is 1. The van der Waals surface area contributed by atoms with Crippen molar-refractivity contribution in [1.82, 2.24) is 5.32 Å². The van der Waals surface area contributed by atoms with Crippen LogP contribution in [0.15, 0.2) is 0 Å². The summed E-state index contributed by atoms with van der Waals surface area (Å²) < 4.78 is 5.26. The predicted octanol–water partition coefficient (Wildman–Crippen LogP) is 2.30. The van der Waals surface area contributed by atoms with Gasteiger partial charge in [0.25, 0.3) is 0 Å². The molecule has 0 saturated heterocycles. The van der Waals surface area contributed by atoms with Crippen molar-refractivity contribution in [3.05, 3.63) is 0 Å². The first-order chi connectivity index (χ1) is 10.2. The Morgan fingerprint density at radius 3 is 2.55 bits per heavy atom. The van der Waals surface area contributed by atoms with E-state index >= 15 is 0 Å². The lowest BCUT2D eigenvalue weighted by Gasteiger charge is -2.10. The first-order valence-electron chi connectivity index (χ1n) is 7.90. The fraction of sp³-hybridized carbons (Fsp3) is 0.812. The molecule has 22 heavy (non-hydrogen) atoms. The van der Waals surface area contributed by atoms with Crippen LogP contribution in [0.4, 0.5) is 0 Å². The van der Waals surface area contributed by atoms with Crippen molar-refractivity contribution < 1.29 is 19.4 Å². The van der Waals surface area contributed by atoms with Crippen LogP contribution in [0, 0.1) is 0 Å². The van der Waals surface area contributed by atoms with Crippen LogP contribution in [-0.4, -0.2) is 54.4 Å². The third-order valence-corrected chi connectivity index (χ3v) is 4.74. The minimum atomic E-state index is -0.707. The predicted molar refractivity (Wildman–Crippen MR) is 92.8 cm³/mol. The maximum atomic E-state index is 11.5. The second-order valence-corrected chi connectivity index (χ2v) is 8.24. The summed E-state index contributed by atoms with van der Waals surface area (Å²) in [6, 6.07) is 0. The Morgan fingerprint density at radius 1 is 1.27 bits per heavy atom. The zero-order valence-electron chi connectivity index (χ0n) is 14.4. The van der Waals surface area contributed by atoms with Crippen LogP contribution in [0.5, 0.6) is 0 Å². The summed E-state index contributed by atoms with van der Waals surface area (Å²) in [5.41, 5.74) is -0.707. The van der Waals surface area contributed by atoms with Gasteiger partial charge in [0.1, 0.15) is 26.1 Å². The van der Waals surface area contributed by atoms with Crippen LogP contribution in [0.3, 0.4) is 0 Å². The molecule has 0 spiro atoms. The molecular formula is C16H31NO4P+. The van der Waals surface area contributed by atoms with Crippen LogP contribution >= 0.6 is 7.55 Å².